The summed E-state index contributed by atoms with van der Waals surface area (Å²) in [6.07, 6.45) is 0.730. The average Bonchev–Trinajstić information content (AvgIpc) is 2.08. The zero-order valence-electron chi connectivity index (χ0n) is 8.04. The van der Waals surface area contributed by atoms with E-state index in [0.717, 1.165) is 11.7 Å². The van der Waals surface area contributed by atoms with Crippen molar-refractivity contribution in [2.75, 3.05) is 0 Å². The first-order valence-electron chi connectivity index (χ1n) is 4.37. The number of ketones is 1. The Morgan fingerprint density at radius 1 is 1.31 bits per heavy atom. The van der Waals surface area contributed by atoms with E-state index in [-0.39, 0.29) is 0 Å². The van der Waals surface area contributed by atoms with Gasteiger partial charge in [-0.15, -0.1) is 0 Å². The van der Waals surface area contributed by atoms with E-state index < -0.39 is 0 Å². The van der Waals surface area contributed by atoms with Crippen LogP contribution in [0.5, 0.6) is 0 Å². The Morgan fingerprint density at radius 2 is 1.92 bits per heavy atom. The standard InChI is InChI=1S/C11H14OSe/c1-9-3-5-11(6-4-9)13-8-7-10(2)12/h3-6H,7-8H2,1-2H3. The van der Waals surface area contributed by atoms with Crippen LogP contribution in [0, 0.1) is 6.92 Å². The van der Waals surface area contributed by atoms with Crippen molar-refractivity contribution in [3.05, 3.63) is 29.8 Å². The van der Waals surface area contributed by atoms with E-state index in [2.05, 4.69) is 31.2 Å². The number of benzene rings is 1. The SMILES string of the molecule is CC(=O)CC[Se]c1ccc(C)cc1. The van der Waals surface area contributed by atoms with Crippen molar-refractivity contribution in [2.24, 2.45) is 0 Å². The number of aryl methyl sites for hydroxylation is 1. The van der Waals surface area contributed by atoms with Gasteiger partial charge in [0.1, 0.15) is 0 Å². The molecule has 0 fully saturated rings. The Balaban J connectivity index is 2.37. The third kappa shape index (κ3) is 4.25. The van der Waals surface area contributed by atoms with E-state index in [9.17, 15) is 4.79 Å². The van der Waals surface area contributed by atoms with Gasteiger partial charge in [0.2, 0.25) is 0 Å². The van der Waals surface area contributed by atoms with Gasteiger partial charge in [-0.05, 0) is 0 Å². The van der Waals surface area contributed by atoms with Crippen molar-refractivity contribution in [1.29, 1.82) is 0 Å². The second-order valence-electron chi connectivity index (χ2n) is 3.11. The molecule has 1 aromatic carbocycles. The quantitative estimate of drug-likeness (QED) is 0.733. The maximum atomic E-state index is 10.7. The number of Topliss-reactive ketones (excluding diaryl/α,β-unsaturated/α-hetero) is 1. The van der Waals surface area contributed by atoms with Gasteiger partial charge < -0.3 is 0 Å². The monoisotopic (exact) mass is 242 g/mol. The molecule has 0 saturated carbocycles. The molecule has 0 aliphatic heterocycles. The number of hydrogen-bond donors (Lipinski definition) is 0. The second-order valence-corrected chi connectivity index (χ2v) is 5.56. The van der Waals surface area contributed by atoms with E-state index in [4.69, 9.17) is 0 Å². The van der Waals surface area contributed by atoms with Crippen LogP contribution in [0.3, 0.4) is 0 Å². The fourth-order valence-corrected chi connectivity index (χ4v) is 2.95. The van der Waals surface area contributed by atoms with Gasteiger partial charge in [-0.25, -0.2) is 0 Å². The first-order chi connectivity index (χ1) is 6.18. The summed E-state index contributed by atoms with van der Waals surface area (Å²) in [6, 6.07) is 8.58. The van der Waals surface area contributed by atoms with Gasteiger partial charge in [0.05, 0.1) is 0 Å². The molecule has 0 aromatic heterocycles. The molecule has 0 unspecified atom stereocenters. The third-order valence-electron chi connectivity index (χ3n) is 1.74. The fraction of sp³-hybridized carbons (Fsp3) is 0.364. The van der Waals surface area contributed by atoms with Gasteiger partial charge in [-0.1, -0.05) is 0 Å². The predicted molar refractivity (Wildman–Crippen MR) is 56.7 cm³/mol. The van der Waals surface area contributed by atoms with Crippen LogP contribution in [0.1, 0.15) is 18.9 Å². The summed E-state index contributed by atoms with van der Waals surface area (Å²) < 4.78 is 1.39. The van der Waals surface area contributed by atoms with E-state index in [1.807, 2.05) is 0 Å². The van der Waals surface area contributed by atoms with E-state index in [0.29, 0.717) is 20.7 Å². The average molecular weight is 241 g/mol. The van der Waals surface area contributed by atoms with Crippen LogP contribution in [0.15, 0.2) is 24.3 Å². The predicted octanol–water partition coefficient (Wildman–Crippen LogP) is 1.72. The second kappa shape index (κ2) is 5.21. The van der Waals surface area contributed by atoms with Crippen LogP contribution in [-0.4, -0.2) is 20.7 Å². The molecule has 0 N–H and O–H groups in total. The van der Waals surface area contributed by atoms with Gasteiger partial charge in [0.25, 0.3) is 0 Å². The molecular weight excluding hydrogens is 227 g/mol. The molecule has 0 saturated heterocycles. The van der Waals surface area contributed by atoms with Crippen molar-refractivity contribution < 1.29 is 4.79 Å². The molecule has 1 rings (SSSR count). The molecule has 0 amide bonds. The zero-order chi connectivity index (χ0) is 9.68. The van der Waals surface area contributed by atoms with E-state index in [1.54, 1.807) is 6.92 Å². The van der Waals surface area contributed by atoms with Gasteiger partial charge in [0, 0.05) is 0 Å². The number of carbonyl (C=O) groups is 1. The van der Waals surface area contributed by atoms with E-state index in [1.165, 1.54) is 10.0 Å². The first-order valence-corrected chi connectivity index (χ1v) is 6.44. The van der Waals surface area contributed by atoms with Crippen LogP contribution >= 0.6 is 0 Å². The Morgan fingerprint density at radius 3 is 2.46 bits per heavy atom. The maximum absolute atomic E-state index is 10.7. The summed E-state index contributed by atoms with van der Waals surface area (Å²) in [5.41, 5.74) is 1.30. The van der Waals surface area contributed by atoms with Gasteiger partial charge in [-0.2, -0.15) is 0 Å². The molecule has 13 heavy (non-hydrogen) atoms. The Labute approximate surface area is 85.7 Å². The molecule has 0 heterocycles. The van der Waals surface area contributed by atoms with Crippen LogP contribution in [-0.2, 0) is 4.79 Å². The molecule has 0 atom stereocenters. The summed E-state index contributed by atoms with van der Waals surface area (Å²) in [5.74, 6) is 0.300. The molecule has 2 heteroatoms. The molecule has 0 aliphatic rings. The Bertz CT molecular complexity index is 277. The first kappa shape index (κ1) is 10.5. The van der Waals surface area contributed by atoms with Crippen LogP contribution in [0.4, 0.5) is 0 Å². The van der Waals surface area contributed by atoms with Crippen molar-refractivity contribution in [2.45, 2.75) is 25.6 Å². The molecule has 0 aliphatic carbocycles. The van der Waals surface area contributed by atoms with Crippen molar-refractivity contribution in [3.8, 4) is 0 Å². The minimum absolute atomic E-state index is 0.300. The molecule has 70 valence electrons. The summed E-state index contributed by atoms with van der Waals surface area (Å²) >= 11 is 0.472. The third-order valence-corrected chi connectivity index (χ3v) is 3.87. The summed E-state index contributed by atoms with van der Waals surface area (Å²) in [7, 11) is 0. The van der Waals surface area contributed by atoms with Crippen LogP contribution in [0.2, 0.25) is 5.32 Å². The molecule has 1 aromatic rings. The van der Waals surface area contributed by atoms with Crippen LogP contribution < -0.4 is 4.46 Å². The Hall–Kier alpha value is -0.591. The fourth-order valence-electron chi connectivity index (χ4n) is 0.947. The number of rotatable bonds is 4. The number of carbonyl (C=O) groups excluding carboxylic acids is 1. The van der Waals surface area contributed by atoms with Crippen molar-refractivity contribution in [3.63, 3.8) is 0 Å². The molecule has 0 bridgehead atoms. The number of hydrogen-bond acceptors (Lipinski definition) is 1. The molecule has 0 spiro atoms. The zero-order valence-corrected chi connectivity index (χ0v) is 9.75. The van der Waals surface area contributed by atoms with Gasteiger partial charge in [-0.3, -0.25) is 0 Å². The molecule has 0 radical (unpaired) electrons. The van der Waals surface area contributed by atoms with E-state index >= 15 is 0 Å². The summed E-state index contributed by atoms with van der Waals surface area (Å²) in [5, 5.41) is 1.03. The molecule has 1 nitrogen and oxygen atoms in total. The Kier molecular flexibility index (Phi) is 4.20. The summed E-state index contributed by atoms with van der Waals surface area (Å²) in [4.78, 5) is 10.7. The van der Waals surface area contributed by atoms with Gasteiger partial charge in [0.15, 0.2) is 0 Å². The van der Waals surface area contributed by atoms with Crippen molar-refractivity contribution in [1.82, 2.24) is 0 Å². The topological polar surface area (TPSA) is 17.1 Å². The normalized spacial score (nSPS) is 10.0. The minimum atomic E-state index is 0.300. The molecular formula is C11H14OSe. The van der Waals surface area contributed by atoms with Crippen molar-refractivity contribution >= 4 is 25.2 Å². The van der Waals surface area contributed by atoms with Gasteiger partial charge >= 0.3 is 85.4 Å². The van der Waals surface area contributed by atoms with Crippen LogP contribution in [0.25, 0.3) is 0 Å². The summed E-state index contributed by atoms with van der Waals surface area (Å²) in [6.45, 7) is 3.75.